The molecule has 0 saturated carbocycles. The molecule has 0 spiro atoms. The predicted molar refractivity (Wildman–Crippen MR) is 151 cm³/mol. The zero-order chi connectivity index (χ0) is 27.2. The van der Waals surface area contributed by atoms with Crippen molar-refractivity contribution in [3.05, 3.63) is 46.7 Å². The number of anilines is 2. The summed E-state index contributed by atoms with van der Waals surface area (Å²) in [5, 5.41) is 14.2. The minimum atomic E-state index is -0.204. The van der Waals surface area contributed by atoms with Gasteiger partial charge in [0.25, 0.3) is 0 Å². The Morgan fingerprint density at radius 3 is 2.72 bits per heavy atom. The van der Waals surface area contributed by atoms with Crippen molar-refractivity contribution in [1.29, 1.82) is 5.26 Å². The van der Waals surface area contributed by atoms with Crippen LogP contribution < -0.4 is 14.8 Å². The average molecular weight is 570 g/mol. The van der Waals surface area contributed by atoms with Crippen LogP contribution in [0, 0.1) is 11.5 Å². The fourth-order valence-electron chi connectivity index (χ4n) is 4.81. The number of halogens is 2. The Kier molecular flexibility index (Phi) is 8.71. The highest BCUT2D eigenvalue weighted by molar-refractivity contribution is 6.42. The van der Waals surface area contributed by atoms with E-state index in [0.29, 0.717) is 59.2 Å². The van der Waals surface area contributed by atoms with E-state index in [2.05, 4.69) is 30.1 Å². The summed E-state index contributed by atoms with van der Waals surface area (Å²) in [6, 6.07) is 8.94. The molecular weight excluding hydrogens is 541 g/mol. The van der Waals surface area contributed by atoms with E-state index >= 15 is 0 Å². The Labute approximate surface area is 237 Å². The first-order valence-corrected chi connectivity index (χ1v) is 13.6. The number of rotatable bonds is 6. The topological polar surface area (TPSA) is 108 Å². The van der Waals surface area contributed by atoms with Crippen molar-refractivity contribution < 1.29 is 14.2 Å². The Morgan fingerprint density at radius 1 is 1.10 bits per heavy atom. The van der Waals surface area contributed by atoms with Gasteiger partial charge in [0.1, 0.15) is 24.9 Å². The van der Waals surface area contributed by atoms with Crippen LogP contribution in [0.5, 0.6) is 11.5 Å². The van der Waals surface area contributed by atoms with Gasteiger partial charge >= 0.3 is 0 Å². The average Bonchev–Trinajstić information content (AvgIpc) is 2.97. The molecule has 1 unspecified atom stereocenters. The zero-order valence-electron chi connectivity index (χ0n) is 21.6. The number of guanidine groups is 1. The Morgan fingerprint density at radius 2 is 1.95 bits per heavy atom. The first-order chi connectivity index (χ1) is 19.1. The number of ether oxygens (including phenoxy) is 3. The Balaban J connectivity index is 1.30. The number of hydrogen-bond donors (Lipinski definition) is 1. The first-order valence-electron chi connectivity index (χ1n) is 12.8. The molecule has 1 atom stereocenters. The molecule has 1 aromatic heterocycles. The van der Waals surface area contributed by atoms with Crippen LogP contribution in [0.3, 0.4) is 0 Å². The monoisotopic (exact) mass is 569 g/mol. The van der Waals surface area contributed by atoms with Crippen LogP contribution in [0.15, 0.2) is 41.7 Å². The number of fused-ring (bicyclic) bond motifs is 1. The molecule has 0 radical (unpaired) electrons. The second kappa shape index (κ2) is 12.6. The highest BCUT2D eigenvalue weighted by Gasteiger charge is 2.28. The third-order valence-corrected chi connectivity index (χ3v) is 7.48. The van der Waals surface area contributed by atoms with Crippen LogP contribution in [0.25, 0.3) is 10.9 Å². The molecule has 5 rings (SSSR count). The van der Waals surface area contributed by atoms with Crippen LogP contribution in [-0.2, 0) is 4.74 Å². The van der Waals surface area contributed by atoms with Gasteiger partial charge in [-0.2, -0.15) is 5.26 Å². The van der Waals surface area contributed by atoms with Gasteiger partial charge in [0.05, 0.1) is 35.8 Å². The van der Waals surface area contributed by atoms with Gasteiger partial charge in [0.15, 0.2) is 11.5 Å². The highest BCUT2D eigenvalue weighted by Crippen LogP contribution is 2.35. The predicted octanol–water partition coefficient (Wildman–Crippen LogP) is 5.09. The molecule has 39 heavy (non-hydrogen) atoms. The van der Waals surface area contributed by atoms with E-state index in [1.165, 1.54) is 12.7 Å². The van der Waals surface area contributed by atoms with Gasteiger partial charge in [0.2, 0.25) is 12.2 Å². The van der Waals surface area contributed by atoms with E-state index in [4.69, 9.17) is 37.4 Å². The lowest BCUT2D eigenvalue weighted by Gasteiger charge is -2.39. The SMILES string of the molecule is COc1cc2c(Nc3ccc(Cl)c(Cl)c3)ncnc2cc1OCC1CN(/C(=N\C#N)N2CCCCC2)CCO1. The second-order valence-electron chi connectivity index (χ2n) is 9.31. The molecule has 2 aliphatic heterocycles. The van der Waals surface area contributed by atoms with Gasteiger partial charge in [-0.1, -0.05) is 23.2 Å². The summed E-state index contributed by atoms with van der Waals surface area (Å²) in [6.45, 7) is 3.91. The molecule has 2 aromatic carbocycles. The van der Waals surface area contributed by atoms with Gasteiger partial charge in [-0.05, 0) is 43.5 Å². The van der Waals surface area contributed by atoms with Crippen LogP contribution in [0.4, 0.5) is 11.5 Å². The summed E-state index contributed by atoms with van der Waals surface area (Å²) in [5.41, 5.74) is 1.43. The van der Waals surface area contributed by atoms with E-state index < -0.39 is 0 Å². The molecule has 3 heterocycles. The minimum absolute atomic E-state index is 0.204. The molecule has 2 fully saturated rings. The number of aromatic nitrogens is 2. The molecule has 0 bridgehead atoms. The number of aliphatic imine (C=N–C) groups is 1. The number of likely N-dealkylation sites (tertiary alicyclic amines) is 1. The molecule has 2 aliphatic rings. The lowest BCUT2D eigenvalue weighted by atomic mass is 10.1. The largest absolute Gasteiger partial charge is 0.493 e. The molecule has 12 heteroatoms. The summed E-state index contributed by atoms with van der Waals surface area (Å²) in [7, 11) is 1.59. The van der Waals surface area contributed by atoms with E-state index in [-0.39, 0.29) is 6.10 Å². The van der Waals surface area contributed by atoms with Crippen molar-refractivity contribution in [2.24, 2.45) is 4.99 Å². The zero-order valence-corrected chi connectivity index (χ0v) is 23.1. The summed E-state index contributed by atoms with van der Waals surface area (Å²) in [4.78, 5) is 17.3. The molecule has 1 N–H and O–H groups in total. The lowest BCUT2D eigenvalue weighted by Crippen LogP contribution is -2.53. The van der Waals surface area contributed by atoms with Gasteiger partial charge in [-0.3, -0.25) is 0 Å². The highest BCUT2D eigenvalue weighted by atomic mass is 35.5. The van der Waals surface area contributed by atoms with Crippen LogP contribution in [0.1, 0.15) is 19.3 Å². The van der Waals surface area contributed by atoms with Crippen molar-refractivity contribution in [1.82, 2.24) is 19.8 Å². The molecule has 2 saturated heterocycles. The fourth-order valence-corrected chi connectivity index (χ4v) is 5.11. The van der Waals surface area contributed by atoms with Crippen molar-refractivity contribution in [3.8, 4) is 17.7 Å². The lowest BCUT2D eigenvalue weighted by molar-refractivity contribution is -0.0321. The smallest absolute Gasteiger partial charge is 0.212 e. The standard InChI is InChI=1S/C27H29Cl2N7O3/c1-37-24-12-20-23(32-17-33-26(20)34-18-5-6-21(28)22(29)11-18)13-25(24)39-15-19-14-36(9-10-38-19)27(31-16-30)35-7-3-2-4-8-35/h5-6,11-13,17,19H,2-4,7-10,14-15H2,1H3,(H,32,33,34)/b31-27-. The number of hydrogen-bond acceptors (Lipinski definition) is 8. The van der Waals surface area contributed by atoms with E-state index in [0.717, 1.165) is 43.0 Å². The molecule has 3 aromatic rings. The number of benzene rings is 2. The normalized spacial score (nSPS) is 18.1. The van der Waals surface area contributed by atoms with Crippen molar-refractivity contribution in [3.63, 3.8) is 0 Å². The quantitative estimate of drug-likeness (QED) is 0.246. The van der Waals surface area contributed by atoms with Crippen molar-refractivity contribution in [2.75, 3.05) is 51.8 Å². The van der Waals surface area contributed by atoms with Gasteiger partial charge in [-0.15, -0.1) is 4.99 Å². The number of morpholine rings is 1. The first kappa shape index (κ1) is 27.1. The minimum Gasteiger partial charge on any atom is -0.493 e. The van der Waals surface area contributed by atoms with Crippen LogP contribution >= 0.6 is 23.2 Å². The summed E-state index contributed by atoms with van der Waals surface area (Å²) in [5.74, 6) is 2.41. The molecule has 10 nitrogen and oxygen atoms in total. The van der Waals surface area contributed by atoms with E-state index in [1.807, 2.05) is 24.4 Å². The molecule has 0 aliphatic carbocycles. The third kappa shape index (κ3) is 6.38. The third-order valence-electron chi connectivity index (χ3n) is 6.74. The Bertz CT molecular complexity index is 1390. The van der Waals surface area contributed by atoms with Crippen molar-refractivity contribution >= 4 is 51.6 Å². The second-order valence-corrected chi connectivity index (χ2v) is 10.1. The summed E-state index contributed by atoms with van der Waals surface area (Å²) < 4.78 is 17.8. The number of nitrogens with zero attached hydrogens (tertiary/aromatic N) is 6. The number of piperidine rings is 1. The summed E-state index contributed by atoms with van der Waals surface area (Å²) in [6.07, 6.45) is 6.68. The molecule has 0 amide bonds. The fraction of sp³-hybridized carbons (Fsp3) is 0.407. The maximum Gasteiger partial charge on any atom is 0.212 e. The van der Waals surface area contributed by atoms with E-state index in [9.17, 15) is 5.26 Å². The van der Waals surface area contributed by atoms with Gasteiger partial charge < -0.3 is 29.3 Å². The Hall–Kier alpha value is -3.52. The van der Waals surface area contributed by atoms with Crippen molar-refractivity contribution in [2.45, 2.75) is 25.4 Å². The maximum absolute atomic E-state index is 9.30. The molecular formula is C27H29Cl2N7O3. The van der Waals surface area contributed by atoms with E-state index in [1.54, 1.807) is 19.2 Å². The van der Waals surface area contributed by atoms with Crippen LogP contribution in [-0.4, -0.2) is 78.3 Å². The van der Waals surface area contributed by atoms with Gasteiger partial charge in [-0.25, -0.2) is 9.97 Å². The number of nitrogens with one attached hydrogen (secondary N) is 1. The molecule has 204 valence electrons. The number of methoxy groups -OCH3 is 1. The van der Waals surface area contributed by atoms with Gasteiger partial charge in [0, 0.05) is 36.8 Å². The maximum atomic E-state index is 9.30. The van der Waals surface area contributed by atoms with Crippen LogP contribution in [0.2, 0.25) is 10.0 Å². The summed E-state index contributed by atoms with van der Waals surface area (Å²) >= 11 is 12.2. The number of nitriles is 1.